The summed E-state index contributed by atoms with van der Waals surface area (Å²) < 4.78 is 54.2. The number of aromatic nitrogens is 1. The molecule has 0 spiro atoms. The van der Waals surface area contributed by atoms with Crippen molar-refractivity contribution in [1.82, 2.24) is 15.0 Å². The number of hydrogen-bond acceptors (Lipinski definition) is 10. The Morgan fingerprint density at radius 1 is 1.16 bits per heavy atom. The fourth-order valence-electron chi connectivity index (χ4n) is 3.53. The molecule has 0 aliphatic carbocycles. The van der Waals surface area contributed by atoms with E-state index in [9.17, 15) is 16.8 Å². The molecule has 4 rings (SSSR count). The molecule has 0 unspecified atom stereocenters. The highest BCUT2D eigenvalue weighted by atomic mass is 32.2. The molecule has 1 saturated heterocycles. The van der Waals surface area contributed by atoms with Gasteiger partial charge in [-0.25, -0.2) is 36.7 Å². The predicted octanol–water partition coefficient (Wildman–Crippen LogP) is -0.212. The van der Waals surface area contributed by atoms with Gasteiger partial charge in [-0.1, -0.05) is 6.07 Å². The molecular weight excluding hydrogens is 444 g/mol. The van der Waals surface area contributed by atoms with E-state index in [-0.39, 0.29) is 29.9 Å². The molecule has 1 atom stereocenters. The highest BCUT2D eigenvalue weighted by molar-refractivity contribution is 7.92. The van der Waals surface area contributed by atoms with Crippen LogP contribution in [-0.2, 0) is 20.0 Å². The molecule has 0 amide bonds. The lowest BCUT2D eigenvalue weighted by atomic mass is 9.99. The Hall–Kier alpha value is -2.78. The van der Waals surface area contributed by atoms with Crippen LogP contribution in [0.15, 0.2) is 55.5 Å². The summed E-state index contributed by atoms with van der Waals surface area (Å²) in [4.78, 5) is 6.96. The van der Waals surface area contributed by atoms with Crippen molar-refractivity contribution in [2.75, 3.05) is 25.5 Å². The number of primary sulfonamides is 1. The number of hydrogen-bond donors (Lipinski definition) is 4. The zero-order valence-electron chi connectivity index (χ0n) is 16.2. The fraction of sp³-hybridized carbons (Fsp3) is 0.294. The van der Waals surface area contributed by atoms with Crippen LogP contribution in [-0.4, -0.2) is 53.5 Å². The van der Waals surface area contributed by atoms with Crippen LogP contribution in [0.3, 0.4) is 0 Å². The molecule has 1 aromatic heterocycles. The number of amidine groups is 1. The van der Waals surface area contributed by atoms with Gasteiger partial charge in [0.1, 0.15) is 15.6 Å². The Kier molecular flexibility index (Phi) is 5.57. The van der Waals surface area contributed by atoms with Crippen molar-refractivity contribution >= 4 is 31.7 Å². The van der Waals surface area contributed by atoms with Crippen LogP contribution in [0.4, 0.5) is 5.82 Å². The number of benzene rings is 1. The molecule has 31 heavy (non-hydrogen) atoms. The van der Waals surface area contributed by atoms with Crippen LogP contribution >= 0.6 is 0 Å². The summed E-state index contributed by atoms with van der Waals surface area (Å²) >= 11 is 0. The van der Waals surface area contributed by atoms with Gasteiger partial charge in [-0.05, 0) is 42.3 Å². The largest absolute Gasteiger partial charge is 0.384 e. The molecule has 0 bridgehead atoms. The molecule has 3 heterocycles. The lowest BCUT2D eigenvalue weighted by Gasteiger charge is -2.18. The second kappa shape index (κ2) is 8.05. The molecule has 14 heteroatoms. The molecule has 6 N–H and O–H groups in total. The zero-order valence-corrected chi connectivity index (χ0v) is 17.8. The van der Waals surface area contributed by atoms with Crippen LogP contribution in [0, 0.1) is 0 Å². The standard InChI is InChI=1S/C17H20N8O4S2/c18-14-7-10(3-6-21-14)12-1-2-13(31(28,29)25-11-4-5-20-8-11)16(30(19,26)27)15(12)17-22-9-23-24-17/h1-3,6-7,11,20,25H,4-5,8-9H2,(H2,18,21)(H2,19,26,27)/t11-/m1/s1. The summed E-state index contributed by atoms with van der Waals surface area (Å²) in [7, 11) is -8.75. The molecule has 164 valence electrons. The van der Waals surface area contributed by atoms with Crippen molar-refractivity contribution in [1.29, 1.82) is 0 Å². The van der Waals surface area contributed by atoms with Gasteiger partial charge in [0.25, 0.3) is 0 Å². The fourth-order valence-corrected chi connectivity index (χ4v) is 6.40. The molecule has 2 aliphatic rings. The average Bonchev–Trinajstić information content (AvgIpc) is 3.40. The lowest BCUT2D eigenvalue weighted by molar-refractivity contribution is 0.555. The van der Waals surface area contributed by atoms with Gasteiger partial charge in [-0.2, -0.15) is 5.11 Å². The Balaban J connectivity index is 2.00. The number of nitrogens with two attached hydrogens (primary N) is 2. The SMILES string of the molecule is Nc1cc(-c2ccc(S(=O)(=O)N[C@@H]3CCNC3)c(S(N)(=O)=O)c2C2=NCN=N2)ccn1. The first-order valence-corrected chi connectivity index (χ1v) is 12.3. The van der Waals surface area contributed by atoms with E-state index in [1.807, 2.05) is 0 Å². The first-order chi connectivity index (χ1) is 14.7. The highest BCUT2D eigenvalue weighted by Gasteiger charge is 2.34. The van der Waals surface area contributed by atoms with Gasteiger partial charge in [-0.15, -0.1) is 5.11 Å². The molecule has 0 saturated carbocycles. The predicted molar refractivity (Wildman–Crippen MR) is 113 cm³/mol. The van der Waals surface area contributed by atoms with Gasteiger partial charge < -0.3 is 11.1 Å². The van der Waals surface area contributed by atoms with Gasteiger partial charge in [0.05, 0.1) is 5.56 Å². The van der Waals surface area contributed by atoms with E-state index < -0.39 is 29.8 Å². The molecule has 0 radical (unpaired) electrons. The Labute approximate surface area is 179 Å². The van der Waals surface area contributed by atoms with Crippen molar-refractivity contribution in [2.24, 2.45) is 20.4 Å². The highest BCUT2D eigenvalue weighted by Crippen LogP contribution is 2.35. The Morgan fingerprint density at radius 2 is 1.97 bits per heavy atom. The Morgan fingerprint density at radius 3 is 2.58 bits per heavy atom. The molecule has 2 aliphatic heterocycles. The van der Waals surface area contributed by atoms with Crippen LogP contribution in [0.25, 0.3) is 11.1 Å². The molecule has 2 aromatic rings. The molecule has 12 nitrogen and oxygen atoms in total. The van der Waals surface area contributed by atoms with E-state index in [0.29, 0.717) is 30.6 Å². The number of nitrogens with one attached hydrogen (secondary N) is 2. The van der Waals surface area contributed by atoms with Crippen LogP contribution in [0.1, 0.15) is 12.0 Å². The average molecular weight is 465 g/mol. The number of aliphatic imine (C=N–C) groups is 1. The monoisotopic (exact) mass is 464 g/mol. The quantitative estimate of drug-likeness (QED) is 0.454. The van der Waals surface area contributed by atoms with Crippen molar-refractivity contribution in [3.05, 3.63) is 36.0 Å². The summed E-state index contributed by atoms with van der Waals surface area (Å²) in [5.74, 6) is 0.164. The number of sulfonamides is 2. The number of nitrogens with zero attached hydrogens (tertiary/aromatic N) is 4. The number of nitrogen functional groups attached to an aromatic ring is 1. The maximum absolute atomic E-state index is 13.1. The third-order valence-corrected chi connectivity index (χ3v) is 7.53. The lowest BCUT2D eigenvalue weighted by Crippen LogP contribution is -2.37. The van der Waals surface area contributed by atoms with Crippen LogP contribution < -0.4 is 20.9 Å². The van der Waals surface area contributed by atoms with E-state index in [2.05, 4.69) is 30.2 Å². The van der Waals surface area contributed by atoms with Crippen LogP contribution in [0.2, 0.25) is 0 Å². The van der Waals surface area contributed by atoms with Gasteiger partial charge in [0, 0.05) is 18.8 Å². The minimum Gasteiger partial charge on any atom is -0.384 e. The van der Waals surface area contributed by atoms with Crippen molar-refractivity contribution in [2.45, 2.75) is 22.3 Å². The minimum atomic E-state index is -4.52. The van der Waals surface area contributed by atoms with Crippen molar-refractivity contribution in [3.63, 3.8) is 0 Å². The zero-order chi connectivity index (χ0) is 22.2. The second-order valence-electron chi connectivity index (χ2n) is 7.01. The summed E-state index contributed by atoms with van der Waals surface area (Å²) in [6, 6.07) is 5.42. The smallest absolute Gasteiger partial charge is 0.242 e. The van der Waals surface area contributed by atoms with Gasteiger partial charge in [-0.3, -0.25) is 0 Å². The number of azo groups is 1. The van der Waals surface area contributed by atoms with Crippen molar-refractivity contribution in [3.8, 4) is 11.1 Å². The molecule has 1 fully saturated rings. The van der Waals surface area contributed by atoms with E-state index in [4.69, 9.17) is 10.9 Å². The maximum Gasteiger partial charge on any atom is 0.242 e. The van der Waals surface area contributed by atoms with Gasteiger partial charge in [0.2, 0.25) is 20.0 Å². The number of anilines is 1. The topological polar surface area (TPSA) is 194 Å². The van der Waals surface area contributed by atoms with Gasteiger partial charge >= 0.3 is 0 Å². The van der Waals surface area contributed by atoms with E-state index >= 15 is 0 Å². The maximum atomic E-state index is 13.1. The normalized spacial score (nSPS) is 19.0. The second-order valence-corrected chi connectivity index (χ2v) is 10.2. The molecule has 1 aromatic carbocycles. The van der Waals surface area contributed by atoms with Gasteiger partial charge in [0.15, 0.2) is 12.5 Å². The summed E-state index contributed by atoms with van der Waals surface area (Å²) in [5, 5.41) is 16.2. The van der Waals surface area contributed by atoms with Crippen molar-refractivity contribution < 1.29 is 16.8 Å². The first-order valence-electron chi connectivity index (χ1n) is 9.24. The van der Waals surface area contributed by atoms with Crippen LogP contribution in [0.5, 0.6) is 0 Å². The Bertz CT molecular complexity index is 1300. The molecular formula is C17H20N8O4S2. The number of pyridine rings is 1. The summed E-state index contributed by atoms with van der Waals surface area (Å²) in [6.45, 7) is 1.08. The van der Waals surface area contributed by atoms with E-state index in [1.54, 1.807) is 6.07 Å². The third-order valence-electron chi connectivity index (χ3n) is 4.84. The first kappa shape index (κ1) is 21.5. The summed E-state index contributed by atoms with van der Waals surface area (Å²) in [5.41, 5.74) is 6.55. The number of rotatable bonds is 6. The summed E-state index contributed by atoms with van der Waals surface area (Å²) in [6.07, 6.45) is 2.02. The van der Waals surface area contributed by atoms with E-state index in [1.165, 1.54) is 24.4 Å². The van der Waals surface area contributed by atoms with E-state index in [0.717, 1.165) is 0 Å². The minimum absolute atomic E-state index is 0.0136. The third kappa shape index (κ3) is 4.33.